The normalized spacial score (nSPS) is 23.7. The second-order valence-corrected chi connectivity index (χ2v) is 7.49. The summed E-state index contributed by atoms with van der Waals surface area (Å²) >= 11 is 0. The van der Waals surface area contributed by atoms with Gasteiger partial charge in [-0.3, -0.25) is 4.99 Å². The minimum atomic E-state index is 0.408. The third-order valence-electron chi connectivity index (χ3n) is 5.47. The lowest BCUT2D eigenvalue weighted by Gasteiger charge is -2.29. The highest BCUT2D eigenvalue weighted by Crippen LogP contribution is 2.31. The molecule has 0 spiro atoms. The summed E-state index contributed by atoms with van der Waals surface area (Å²) in [4.78, 5) is 4.85. The van der Waals surface area contributed by atoms with Gasteiger partial charge in [0, 0.05) is 12.6 Å². The van der Waals surface area contributed by atoms with Gasteiger partial charge in [-0.05, 0) is 48.4 Å². The molecule has 1 aliphatic heterocycles. The van der Waals surface area contributed by atoms with E-state index in [1.54, 1.807) is 0 Å². The smallest absolute Gasteiger partial charge is 0.0891 e. The summed E-state index contributed by atoms with van der Waals surface area (Å²) in [7, 11) is 0. The average Bonchev–Trinajstić information content (AvgIpc) is 3.01. The number of benzene rings is 1. The van der Waals surface area contributed by atoms with Gasteiger partial charge in [-0.2, -0.15) is 0 Å². The Labute approximate surface area is 151 Å². The zero-order valence-electron chi connectivity index (χ0n) is 15.6. The van der Waals surface area contributed by atoms with Crippen molar-refractivity contribution in [1.29, 1.82) is 5.41 Å². The highest BCUT2D eigenvalue weighted by atomic mass is 16.5. The molecule has 3 rings (SSSR count). The Morgan fingerprint density at radius 2 is 2.20 bits per heavy atom. The molecule has 1 fully saturated rings. The lowest BCUT2D eigenvalue weighted by molar-refractivity contribution is 0.0238. The third kappa shape index (κ3) is 4.66. The van der Waals surface area contributed by atoms with Gasteiger partial charge in [-0.25, -0.2) is 0 Å². The summed E-state index contributed by atoms with van der Waals surface area (Å²) in [5, 5.41) is 7.42. The van der Waals surface area contributed by atoms with E-state index in [4.69, 9.17) is 15.1 Å². The monoisotopic (exact) mass is 338 g/mol. The molecule has 0 radical (unpaired) electrons. The van der Waals surface area contributed by atoms with E-state index < -0.39 is 0 Å². The quantitative estimate of drug-likeness (QED) is 0.653. The van der Waals surface area contributed by atoms with Gasteiger partial charge < -0.3 is 10.1 Å². The molecule has 2 unspecified atom stereocenters. The largest absolute Gasteiger partial charge is 0.372 e. The molecular weight excluding hydrogens is 308 g/mol. The SMILES string of the molecule is CCCC1CCCC(OCC2=C(C)CC(c3cccc(C=N)c3)=N2)C1. The number of ether oxygens (including phenoxy) is 1. The van der Waals surface area contributed by atoms with Crippen molar-refractivity contribution in [3.05, 3.63) is 46.7 Å². The molecule has 0 amide bonds. The zero-order chi connectivity index (χ0) is 17.6. The van der Waals surface area contributed by atoms with Crippen LogP contribution in [-0.2, 0) is 4.74 Å². The maximum absolute atomic E-state index is 7.42. The van der Waals surface area contributed by atoms with Crippen molar-refractivity contribution in [1.82, 2.24) is 0 Å². The highest BCUT2D eigenvalue weighted by molar-refractivity contribution is 6.05. The Morgan fingerprint density at radius 1 is 1.32 bits per heavy atom. The van der Waals surface area contributed by atoms with Crippen LogP contribution in [0.25, 0.3) is 0 Å². The van der Waals surface area contributed by atoms with Crippen molar-refractivity contribution >= 4 is 11.9 Å². The van der Waals surface area contributed by atoms with E-state index in [0.29, 0.717) is 12.7 Å². The van der Waals surface area contributed by atoms with Crippen molar-refractivity contribution in [3.8, 4) is 0 Å². The molecule has 3 nitrogen and oxygen atoms in total. The van der Waals surface area contributed by atoms with E-state index in [9.17, 15) is 0 Å². The molecule has 0 saturated heterocycles. The van der Waals surface area contributed by atoms with Gasteiger partial charge in [0.25, 0.3) is 0 Å². The van der Waals surface area contributed by atoms with Crippen LogP contribution in [-0.4, -0.2) is 24.6 Å². The van der Waals surface area contributed by atoms with Gasteiger partial charge in [-0.1, -0.05) is 50.8 Å². The third-order valence-corrected chi connectivity index (χ3v) is 5.47. The first-order valence-electron chi connectivity index (χ1n) is 9.68. The van der Waals surface area contributed by atoms with Gasteiger partial charge in [0.05, 0.1) is 24.1 Å². The molecule has 1 heterocycles. The molecule has 134 valence electrons. The second-order valence-electron chi connectivity index (χ2n) is 7.49. The fraction of sp³-hybridized carbons (Fsp3) is 0.545. The van der Waals surface area contributed by atoms with E-state index in [1.807, 2.05) is 18.2 Å². The summed E-state index contributed by atoms with van der Waals surface area (Å²) in [5.41, 5.74) is 5.57. The zero-order valence-corrected chi connectivity index (χ0v) is 15.6. The number of aliphatic imine (C=N–C) groups is 1. The van der Waals surface area contributed by atoms with Crippen LogP contribution in [0.5, 0.6) is 0 Å². The molecule has 0 aromatic heterocycles. The lowest BCUT2D eigenvalue weighted by atomic mass is 9.84. The number of nitrogens with zero attached hydrogens (tertiary/aromatic N) is 1. The van der Waals surface area contributed by atoms with Gasteiger partial charge in [-0.15, -0.1) is 0 Å². The van der Waals surface area contributed by atoms with Crippen molar-refractivity contribution in [2.45, 2.75) is 64.9 Å². The van der Waals surface area contributed by atoms with Crippen LogP contribution in [0.3, 0.4) is 0 Å². The van der Waals surface area contributed by atoms with E-state index in [2.05, 4.69) is 19.9 Å². The molecule has 25 heavy (non-hydrogen) atoms. The minimum Gasteiger partial charge on any atom is -0.372 e. The van der Waals surface area contributed by atoms with Gasteiger partial charge >= 0.3 is 0 Å². The van der Waals surface area contributed by atoms with Crippen LogP contribution >= 0.6 is 0 Å². The van der Waals surface area contributed by atoms with E-state index >= 15 is 0 Å². The molecule has 0 bridgehead atoms. The Bertz CT molecular complexity index is 672. The second kappa shape index (κ2) is 8.57. The summed E-state index contributed by atoms with van der Waals surface area (Å²) < 4.78 is 6.24. The van der Waals surface area contributed by atoms with Gasteiger partial charge in [0.2, 0.25) is 0 Å². The maximum atomic E-state index is 7.42. The molecule has 1 N–H and O–H groups in total. The molecule has 1 saturated carbocycles. The van der Waals surface area contributed by atoms with E-state index in [1.165, 1.54) is 50.3 Å². The van der Waals surface area contributed by atoms with Crippen LogP contribution in [0.2, 0.25) is 0 Å². The Hall–Kier alpha value is -1.74. The Kier molecular flexibility index (Phi) is 6.19. The number of rotatable bonds is 7. The van der Waals surface area contributed by atoms with Crippen molar-refractivity contribution in [2.75, 3.05) is 6.61 Å². The Morgan fingerprint density at radius 3 is 3.00 bits per heavy atom. The number of hydrogen-bond acceptors (Lipinski definition) is 3. The maximum Gasteiger partial charge on any atom is 0.0891 e. The van der Waals surface area contributed by atoms with Gasteiger partial charge in [0.15, 0.2) is 0 Å². The predicted octanol–water partition coefficient (Wildman–Crippen LogP) is 5.53. The predicted molar refractivity (Wildman–Crippen MR) is 105 cm³/mol. The molecule has 3 heteroatoms. The molecule has 2 atom stereocenters. The van der Waals surface area contributed by atoms with Crippen molar-refractivity contribution < 1.29 is 4.74 Å². The molecular formula is C22H30N2O. The lowest BCUT2D eigenvalue weighted by Crippen LogP contribution is -2.23. The number of allylic oxidation sites excluding steroid dienone is 1. The number of nitrogens with one attached hydrogen (secondary N) is 1. The summed E-state index contributed by atoms with van der Waals surface area (Å²) in [5.74, 6) is 0.852. The van der Waals surface area contributed by atoms with Crippen molar-refractivity contribution in [2.24, 2.45) is 10.9 Å². The van der Waals surface area contributed by atoms with Crippen molar-refractivity contribution in [3.63, 3.8) is 0 Å². The first-order chi connectivity index (χ1) is 12.2. The molecule has 1 aliphatic carbocycles. The molecule has 1 aromatic carbocycles. The fourth-order valence-electron chi connectivity index (χ4n) is 4.04. The van der Waals surface area contributed by atoms with Crippen LogP contribution in [0.4, 0.5) is 0 Å². The molecule has 1 aromatic rings. The summed E-state index contributed by atoms with van der Waals surface area (Å²) in [6, 6.07) is 8.07. The standard InChI is InChI=1S/C22H30N2O/c1-3-6-17-7-5-10-20(13-17)25-15-22-16(2)11-21(24-22)19-9-4-8-18(12-19)14-23/h4,8-9,12,14,17,20,23H,3,5-7,10-11,13,15H2,1-2H3. The van der Waals surface area contributed by atoms with Crippen LogP contribution in [0.15, 0.2) is 40.5 Å². The topological polar surface area (TPSA) is 45.4 Å². The summed E-state index contributed by atoms with van der Waals surface area (Å²) in [6.45, 7) is 5.08. The van der Waals surface area contributed by atoms with Crippen LogP contribution in [0, 0.1) is 11.3 Å². The fourth-order valence-corrected chi connectivity index (χ4v) is 4.04. The average molecular weight is 338 g/mol. The van der Waals surface area contributed by atoms with Crippen LogP contribution in [0.1, 0.15) is 69.9 Å². The van der Waals surface area contributed by atoms with E-state index in [0.717, 1.165) is 34.9 Å². The molecule has 2 aliphatic rings. The van der Waals surface area contributed by atoms with Gasteiger partial charge in [0.1, 0.15) is 0 Å². The highest BCUT2D eigenvalue weighted by Gasteiger charge is 2.23. The first-order valence-corrected chi connectivity index (χ1v) is 9.68. The summed E-state index contributed by atoms with van der Waals surface area (Å²) in [6.07, 6.45) is 10.4. The Balaban J connectivity index is 1.59. The van der Waals surface area contributed by atoms with E-state index in [-0.39, 0.29) is 0 Å². The number of hydrogen-bond donors (Lipinski definition) is 1. The minimum absolute atomic E-state index is 0.408. The first kappa shape index (κ1) is 18.1. The van der Waals surface area contributed by atoms with Crippen LogP contribution < -0.4 is 0 Å².